The molecular formula is C24H24F2N6O5. The highest BCUT2D eigenvalue weighted by atomic mass is 19.1. The molecule has 0 saturated carbocycles. The van der Waals surface area contributed by atoms with Gasteiger partial charge in [-0.3, -0.25) is 9.48 Å². The van der Waals surface area contributed by atoms with Crippen molar-refractivity contribution in [2.75, 3.05) is 11.9 Å². The minimum absolute atomic E-state index is 0.0901. The number of hydrogen-bond acceptors (Lipinski definition) is 9. The topological polar surface area (TPSA) is 159 Å². The van der Waals surface area contributed by atoms with Gasteiger partial charge in [0.25, 0.3) is 0 Å². The van der Waals surface area contributed by atoms with Gasteiger partial charge in [0.15, 0.2) is 17.5 Å². The number of aliphatic hydroxyl groups excluding tert-OH is 2. The van der Waals surface area contributed by atoms with Crippen molar-refractivity contribution in [3.63, 3.8) is 0 Å². The molecule has 37 heavy (non-hydrogen) atoms. The molecule has 4 aromatic rings. The molecule has 3 heterocycles. The third-order valence-electron chi connectivity index (χ3n) is 5.46. The lowest BCUT2D eigenvalue weighted by atomic mass is 10.1. The molecular weight excluding hydrogens is 490 g/mol. The van der Waals surface area contributed by atoms with Crippen LogP contribution in [0.1, 0.15) is 24.8 Å². The molecule has 194 valence electrons. The summed E-state index contributed by atoms with van der Waals surface area (Å²) in [6.07, 6.45) is -0.309. The normalized spacial score (nSPS) is 12.9. The summed E-state index contributed by atoms with van der Waals surface area (Å²) >= 11 is 0. The second kappa shape index (κ2) is 11.7. The van der Waals surface area contributed by atoms with Crippen LogP contribution in [0.5, 0.6) is 0 Å². The molecule has 11 nitrogen and oxygen atoms in total. The van der Waals surface area contributed by atoms with Crippen molar-refractivity contribution in [2.24, 2.45) is 0 Å². The van der Waals surface area contributed by atoms with Gasteiger partial charge in [-0.2, -0.15) is 5.10 Å². The number of hydrogen-bond donors (Lipinski definition) is 4. The highest BCUT2D eigenvalue weighted by Gasteiger charge is 2.19. The molecule has 0 radical (unpaired) electrons. The van der Waals surface area contributed by atoms with Crippen LogP contribution in [-0.2, 0) is 11.3 Å². The second-order valence-electron chi connectivity index (χ2n) is 8.30. The lowest BCUT2D eigenvalue weighted by molar-refractivity contribution is -0.139. The fraction of sp³-hybridized carbons (Fsp3) is 0.292. The summed E-state index contributed by atoms with van der Waals surface area (Å²) in [6.45, 7) is 0.188. The summed E-state index contributed by atoms with van der Waals surface area (Å²) in [6, 6.07) is 9.53. The Morgan fingerprint density at radius 1 is 1.11 bits per heavy atom. The maximum Gasteiger partial charge on any atom is 0.305 e. The first-order valence-electron chi connectivity index (χ1n) is 11.4. The number of rotatable bonds is 12. The number of carboxylic acids is 1. The molecule has 0 unspecified atom stereocenters. The molecule has 0 aliphatic heterocycles. The Labute approximate surface area is 209 Å². The van der Waals surface area contributed by atoms with Crippen LogP contribution in [0.3, 0.4) is 0 Å². The van der Waals surface area contributed by atoms with Crippen molar-refractivity contribution in [1.29, 1.82) is 0 Å². The molecule has 13 heteroatoms. The maximum atomic E-state index is 14.4. The van der Waals surface area contributed by atoms with Crippen LogP contribution < -0.4 is 5.32 Å². The smallest absolute Gasteiger partial charge is 0.305 e. The summed E-state index contributed by atoms with van der Waals surface area (Å²) < 4.78 is 35.1. The summed E-state index contributed by atoms with van der Waals surface area (Å²) in [7, 11) is 0. The molecule has 0 amide bonds. The number of aliphatic hydroxyl groups is 2. The van der Waals surface area contributed by atoms with Crippen molar-refractivity contribution in [3.8, 4) is 22.9 Å². The average Bonchev–Trinajstić information content (AvgIpc) is 3.51. The van der Waals surface area contributed by atoms with Crippen LogP contribution in [0.2, 0.25) is 0 Å². The number of benzene rings is 1. The number of nitrogens with zero attached hydrogens (tertiary/aromatic N) is 5. The minimum atomic E-state index is -1.19. The van der Waals surface area contributed by atoms with Gasteiger partial charge in [-0.05, 0) is 25.0 Å². The monoisotopic (exact) mass is 514 g/mol. The third-order valence-corrected chi connectivity index (χ3v) is 5.46. The van der Waals surface area contributed by atoms with E-state index in [-0.39, 0.29) is 43.3 Å². The quantitative estimate of drug-likeness (QED) is 0.221. The first-order chi connectivity index (χ1) is 17.8. The van der Waals surface area contributed by atoms with Gasteiger partial charge in [-0.15, -0.1) is 0 Å². The molecule has 4 rings (SSSR count). The van der Waals surface area contributed by atoms with E-state index < -0.39 is 36.2 Å². The van der Waals surface area contributed by atoms with E-state index in [9.17, 15) is 23.8 Å². The number of aliphatic carboxylic acids is 1. The Bertz CT molecular complexity index is 1350. The summed E-state index contributed by atoms with van der Waals surface area (Å²) in [5.74, 6) is -2.33. The number of carbonyl (C=O) groups is 1. The number of aromatic nitrogens is 5. The zero-order valence-corrected chi connectivity index (χ0v) is 19.5. The van der Waals surface area contributed by atoms with Gasteiger partial charge < -0.3 is 25.2 Å². The van der Waals surface area contributed by atoms with E-state index in [1.807, 2.05) is 0 Å². The lowest BCUT2D eigenvalue weighted by Crippen LogP contribution is -2.23. The molecule has 2 atom stereocenters. The molecule has 1 aromatic carbocycles. The Morgan fingerprint density at radius 3 is 2.65 bits per heavy atom. The number of nitrogens with one attached hydrogen (secondary N) is 1. The Balaban J connectivity index is 1.51. The Kier molecular flexibility index (Phi) is 8.15. The van der Waals surface area contributed by atoms with Crippen molar-refractivity contribution in [2.45, 2.75) is 38.0 Å². The Hall–Kier alpha value is -4.23. The molecule has 0 bridgehead atoms. The first-order valence-corrected chi connectivity index (χ1v) is 11.4. The van der Waals surface area contributed by atoms with E-state index in [1.54, 1.807) is 30.3 Å². The molecule has 0 aliphatic carbocycles. The van der Waals surface area contributed by atoms with Gasteiger partial charge in [0.05, 0.1) is 37.1 Å². The zero-order valence-electron chi connectivity index (χ0n) is 19.5. The van der Waals surface area contributed by atoms with Crippen LogP contribution in [0, 0.1) is 11.6 Å². The van der Waals surface area contributed by atoms with Crippen molar-refractivity contribution < 1.29 is 33.4 Å². The van der Waals surface area contributed by atoms with Crippen molar-refractivity contribution in [1.82, 2.24) is 24.9 Å². The predicted molar refractivity (Wildman–Crippen MR) is 126 cm³/mol. The second-order valence-corrected chi connectivity index (χ2v) is 8.30. The van der Waals surface area contributed by atoms with E-state index in [0.717, 1.165) is 6.20 Å². The van der Waals surface area contributed by atoms with Gasteiger partial charge in [-0.1, -0.05) is 23.4 Å². The summed E-state index contributed by atoms with van der Waals surface area (Å²) in [5, 5.41) is 39.5. The van der Waals surface area contributed by atoms with E-state index in [1.165, 1.54) is 17.0 Å². The molecule has 0 fully saturated rings. The van der Waals surface area contributed by atoms with Gasteiger partial charge in [0.1, 0.15) is 23.5 Å². The van der Waals surface area contributed by atoms with Gasteiger partial charge >= 0.3 is 5.97 Å². The van der Waals surface area contributed by atoms with E-state index in [4.69, 9.17) is 9.63 Å². The van der Waals surface area contributed by atoms with Crippen molar-refractivity contribution in [3.05, 3.63) is 66.1 Å². The zero-order chi connectivity index (χ0) is 26.4. The van der Waals surface area contributed by atoms with Gasteiger partial charge in [0.2, 0.25) is 0 Å². The third kappa shape index (κ3) is 6.71. The average molecular weight is 514 g/mol. The van der Waals surface area contributed by atoms with Crippen molar-refractivity contribution >= 4 is 11.8 Å². The molecule has 0 spiro atoms. The van der Waals surface area contributed by atoms with Gasteiger partial charge in [-0.25, -0.2) is 18.7 Å². The number of anilines is 1. The highest BCUT2D eigenvalue weighted by Crippen LogP contribution is 2.26. The maximum absolute atomic E-state index is 14.4. The lowest BCUT2D eigenvalue weighted by Gasteiger charge is -2.15. The van der Waals surface area contributed by atoms with Crippen LogP contribution in [0.4, 0.5) is 14.6 Å². The van der Waals surface area contributed by atoms with Gasteiger partial charge in [0, 0.05) is 18.2 Å². The van der Waals surface area contributed by atoms with Crippen LogP contribution in [-0.4, -0.2) is 64.9 Å². The standard InChI is InChI=1S/C24H24F2N6O5/c25-17-4-2-1-3-14(17)13-32-21(19-6-8-37-31-19)11-20(30-32)24-28-12-18(26)23(29-24)27-7-5-15(33)9-16(34)10-22(35)36/h1-4,6,8,11-12,15-16,33-34H,5,7,9-10,13H2,(H,35,36)(H,27,28,29)/t15-,16-/m1/s1. The minimum Gasteiger partial charge on any atom is -0.481 e. The molecule has 0 aliphatic rings. The number of halogens is 2. The summed E-state index contributed by atoms with van der Waals surface area (Å²) in [4.78, 5) is 18.9. The molecule has 3 aromatic heterocycles. The molecule has 0 saturated heterocycles. The first kappa shape index (κ1) is 25.9. The van der Waals surface area contributed by atoms with E-state index in [2.05, 4.69) is 25.5 Å². The fourth-order valence-electron chi connectivity index (χ4n) is 3.67. The van der Waals surface area contributed by atoms with E-state index in [0.29, 0.717) is 17.0 Å². The van der Waals surface area contributed by atoms with Crippen LogP contribution >= 0.6 is 0 Å². The fourth-order valence-corrected chi connectivity index (χ4v) is 3.67. The molecule has 4 N–H and O–H groups in total. The predicted octanol–water partition coefficient (Wildman–Crippen LogP) is 2.71. The number of carboxylic acid groups (broad SMARTS) is 1. The summed E-state index contributed by atoms with van der Waals surface area (Å²) in [5.41, 5.74) is 1.65. The Morgan fingerprint density at radius 2 is 1.92 bits per heavy atom. The highest BCUT2D eigenvalue weighted by molar-refractivity contribution is 5.67. The van der Waals surface area contributed by atoms with Crippen LogP contribution in [0.15, 0.2) is 53.4 Å². The van der Waals surface area contributed by atoms with Crippen LogP contribution in [0.25, 0.3) is 22.9 Å². The SMILES string of the molecule is O=C(O)C[C@H](O)C[C@H](O)CCNc1nc(-c2cc(-c3ccon3)n(Cc3ccccc3F)n2)ncc1F. The largest absolute Gasteiger partial charge is 0.481 e. The van der Waals surface area contributed by atoms with E-state index >= 15 is 0 Å².